The van der Waals surface area contributed by atoms with Crippen LogP contribution in [0.2, 0.25) is 0 Å². The van der Waals surface area contributed by atoms with Crippen molar-refractivity contribution in [2.75, 3.05) is 7.11 Å². The summed E-state index contributed by atoms with van der Waals surface area (Å²) in [5.41, 5.74) is 2.47. The summed E-state index contributed by atoms with van der Waals surface area (Å²) in [6.07, 6.45) is 5.02. The quantitative estimate of drug-likeness (QED) is 0.934. The third-order valence-corrected chi connectivity index (χ3v) is 4.03. The van der Waals surface area contributed by atoms with E-state index in [0.717, 1.165) is 25.0 Å². The van der Waals surface area contributed by atoms with Gasteiger partial charge in [-0.15, -0.1) is 10.2 Å². The van der Waals surface area contributed by atoms with Crippen LogP contribution in [0.15, 0.2) is 18.3 Å². The Kier molecular flexibility index (Phi) is 4.27. The fourth-order valence-electron chi connectivity index (χ4n) is 2.75. The number of hydrogen-bond donors (Lipinski definition) is 1. The van der Waals surface area contributed by atoms with Gasteiger partial charge in [0.15, 0.2) is 5.69 Å². The molecule has 7 heteroatoms. The maximum atomic E-state index is 12.4. The molecule has 2 aromatic heterocycles. The third kappa shape index (κ3) is 3.18. The summed E-state index contributed by atoms with van der Waals surface area (Å²) < 4.78 is 6.91. The lowest BCUT2D eigenvalue weighted by atomic mass is 9.93. The molecule has 0 aromatic carbocycles. The molecule has 0 spiro atoms. The molecule has 1 amide bonds. The van der Waals surface area contributed by atoms with E-state index in [1.54, 1.807) is 12.1 Å². The van der Waals surface area contributed by atoms with Crippen LogP contribution >= 0.6 is 0 Å². The van der Waals surface area contributed by atoms with Crippen LogP contribution in [-0.4, -0.2) is 33.0 Å². The van der Waals surface area contributed by atoms with Crippen molar-refractivity contribution in [3.63, 3.8) is 0 Å². The average Bonchev–Trinajstić information content (AvgIpc) is 3.00. The summed E-state index contributed by atoms with van der Waals surface area (Å²) in [6, 6.07) is 3.47. The fourth-order valence-corrected chi connectivity index (χ4v) is 2.75. The molecule has 1 atom stereocenters. The highest BCUT2D eigenvalue weighted by molar-refractivity contribution is 5.92. The summed E-state index contributed by atoms with van der Waals surface area (Å²) in [5.74, 6) is 0.147. The zero-order chi connectivity index (χ0) is 16.4. The monoisotopic (exact) mass is 315 g/mol. The van der Waals surface area contributed by atoms with Crippen LogP contribution in [0.5, 0.6) is 5.88 Å². The largest absolute Gasteiger partial charge is 0.480 e. The number of carbonyl (C=O) groups excluding carboxylic acids is 1. The van der Waals surface area contributed by atoms with Gasteiger partial charge in [0.1, 0.15) is 0 Å². The predicted molar refractivity (Wildman–Crippen MR) is 84.3 cm³/mol. The first-order chi connectivity index (χ1) is 11.1. The molecule has 7 nitrogen and oxygen atoms in total. The number of hydrogen-bond acceptors (Lipinski definition) is 5. The highest BCUT2D eigenvalue weighted by atomic mass is 16.5. The minimum atomic E-state index is -0.239. The Hall–Kier alpha value is -2.44. The van der Waals surface area contributed by atoms with Gasteiger partial charge in [-0.25, -0.2) is 0 Å². The van der Waals surface area contributed by atoms with Crippen molar-refractivity contribution < 1.29 is 9.53 Å². The van der Waals surface area contributed by atoms with Crippen LogP contribution in [0.4, 0.5) is 0 Å². The van der Waals surface area contributed by atoms with Crippen molar-refractivity contribution in [2.24, 2.45) is 0 Å². The van der Waals surface area contributed by atoms with Gasteiger partial charge in [-0.2, -0.15) is 5.10 Å². The van der Waals surface area contributed by atoms with E-state index >= 15 is 0 Å². The van der Waals surface area contributed by atoms with Crippen LogP contribution in [-0.2, 0) is 6.42 Å². The molecule has 2 heterocycles. The lowest BCUT2D eigenvalue weighted by Gasteiger charge is -2.22. The summed E-state index contributed by atoms with van der Waals surface area (Å²) >= 11 is 0. The average molecular weight is 315 g/mol. The molecule has 3 rings (SSSR count). The Morgan fingerprint density at radius 1 is 1.39 bits per heavy atom. The Bertz CT molecular complexity index is 693. The van der Waals surface area contributed by atoms with Gasteiger partial charge in [-0.1, -0.05) is 0 Å². The number of nitrogens with one attached hydrogen (secondary N) is 1. The number of carbonyl (C=O) groups is 1. The van der Waals surface area contributed by atoms with Gasteiger partial charge in [0.25, 0.3) is 5.91 Å². The van der Waals surface area contributed by atoms with Crippen LogP contribution in [0, 0.1) is 0 Å². The van der Waals surface area contributed by atoms with Gasteiger partial charge in [0.2, 0.25) is 5.88 Å². The molecule has 0 fully saturated rings. The van der Waals surface area contributed by atoms with Crippen molar-refractivity contribution in [1.82, 2.24) is 25.3 Å². The van der Waals surface area contributed by atoms with E-state index in [1.165, 1.54) is 12.7 Å². The number of amides is 1. The van der Waals surface area contributed by atoms with E-state index in [2.05, 4.69) is 40.7 Å². The Morgan fingerprint density at radius 3 is 2.87 bits per heavy atom. The van der Waals surface area contributed by atoms with Crippen LogP contribution in [0.25, 0.3) is 0 Å². The maximum Gasteiger partial charge on any atom is 0.272 e. The van der Waals surface area contributed by atoms with E-state index in [1.807, 2.05) is 4.68 Å². The minimum absolute atomic E-state index is 0.0739. The Balaban J connectivity index is 1.77. The predicted octanol–water partition coefficient (Wildman–Crippen LogP) is 2.07. The summed E-state index contributed by atoms with van der Waals surface area (Å²) in [7, 11) is 1.51. The zero-order valence-electron chi connectivity index (χ0n) is 13.6. The van der Waals surface area contributed by atoms with Crippen LogP contribution in [0.1, 0.15) is 60.5 Å². The Labute approximate surface area is 135 Å². The summed E-state index contributed by atoms with van der Waals surface area (Å²) in [5, 5.41) is 15.4. The van der Waals surface area contributed by atoms with Gasteiger partial charge >= 0.3 is 0 Å². The normalized spacial score (nSPS) is 17.0. The molecular weight excluding hydrogens is 294 g/mol. The number of fused-ring (bicyclic) bond motifs is 1. The number of aromatic nitrogens is 4. The standard InChI is InChI=1S/C16H21N5O2/c1-10(2)21-9-11-5-4-6-12(15(11)20-21)17-16(22)13-7-8-14(23-3)19-18-13/h7-10,12H,4-6H2,1-3H3,(H,17,22)/t12-/m0/s1. The third-order valence-electron chi connectivity index (χ3n) is 4.03. The highest BCUT2D eigenvalue weighted by Gasteiger charge is 2.26. The topological polar surface area (TPSA) is 81.9 Å². The second-order valence-corrected chi connectivity index (χ2v) is 5.99. The van der Waals surface area contributed by atoms with E-state index in [9.17, 15) is 4.79 Å². The molecule has 2 aromatic rings. The number of methoxy groups -OCH3 is 1. The van der Waals surface area contributed by atoms with E-state index < -0.39 is 0 Å². The molecule has 0 aliphatic heterocycles. The van der Waals surface area contributed by atoms with E-state index in [4.69, 9.17) is 4.74 Å². The molecule has 0 unspecified atom stereocenters. The van der Waals surface area contributed by atoms with Gasteiger partial charge in [-0.3, -0.25) is 9.48 Å². The lowest BCUT2D eigenvalue weighted by molar-refractivity contribution is 0.0925. The van der Waals surface area contributed by atoms with Crippen molar-refractivity contribution in [3.05, 3.63) is 35.3 Å². The molecule has 1 aliphatic carbocycles. The van der Waals surface area contributed by atoms with Crippen molar-refractivity contribution in [2.45, 2.75) is 45.2 Å². The first-order valence-corrected chi connectivity index (χ1v) is 7.85. The summed E-state index contributed by atoms with van der Waals surface area (Å²) in [4.78, 5) is 12.4. The lowest BCUT2D eigenvalue weighted by Crippen LogP contribution is -2.31. The number of rotatable bonds is 4. The Morgan fingerprint density at radius 2 is 2.22 bits per heavy atom. The summed E-state index contributed by atoms with van der Waals surface area (Å²) in [6.45, 7) is 4.19. The molecule has 23 heavy (non-hydrogen) atoms. The first kappa shape index (κ1) is 15.5. The van der Waals surface area contributed by atoms with Gasteiger partial charge in [-0.05, 0) is 44.7 Å². The maximum absolute atomic E-state index is 12.4. The van der Waals surface area contributed by atoms with Gasteiger partial charge in [0, 0.05) is 18.3 Å². The number of ether oxygens (including phenoxy) is 1. The molecule has 0 saturated heterocycles. The first-order valence-electron chi connectivity index (χ1n) is 7.85. The smallest absolute Gasteiger partial charge is 0.272 e. The molecule has 122 valence electrons. The number of aryl methyl sites for hydroxylation is 1. The van der Waals surface area contributed by atoms with Gasteiger partial charge in [0.05, 0.1) is 18.8 Å². The minimum Gasteiger partial charge on any atom is -0.480 e. The molecule has 0 radical (unpaired) electrons. The molecule has 1 N–H and O–H groups in total. The van der Waals surface area contributed by atoms with E-state index in [0.29, 0.717) is 11.9 Å². The van der Waals surface area contributed by atoms with Crippen molar-refractivity contribution >= 4 is 5.91 Å². The second kappa shape index (κ2) is 6.36. The molecular formula is C16H21N5O2. The molecule has 1 aliphatic rings. The van der Waals surface area contributed by atoms with Crippen molar-refractivity contribution in [1.29, 1.82) is 0 Å². The van der Waals surface area contributed by atoms with Crippen molar-refractivity contribution in [3.8, 4) is 5.88 Å². The highest BCUT2D eigenvalue weighted by Crippen LogP contribution is 2.29. The number of nitrogens with zero attached hydrogens (tertiary/aromatic N) is 4. The molecule has 0 saturated carbocycles. The van der Waals surface area contributed by atoms with Crippen LogP contribution in [0.3, 0.4) is 0 Å². The van der Waals surface area contributed by atoms with Gasteiger partial charge < -0.3 is 10.1 Å². The SMILES string of the molecule is COc1ccc(C(=O)N[C@H]2CCCc3cn(C(C)C)nc32)nn1. The second-order valence-electron chi connectivity index (χ2n) is 5.99. The van der Waals surface area contributed by atoms with E-state index in [-0.39, 0.29) is 17.6 Å². The molecule has 0 bridgehead atoms. The fraction of sp³-hybridized carbons (Fsp3) is 0.500. The zero-order valence-corrected chi connectivity index (χ0v) is 13.6. The van der Waals surface area contributed by atoms with Crippen LogP contribution < -0.4 is 10.1 Å².